The second-order valence-electron chi connectivity index (χ2n) is 7.42. The molecule has 5 N–H and O–H groups in total. The van der Waals surface area contributed by atoms with Crippen LogP contribution in [-0.4, -0.2) is 61.4 Å². The molecule has 0 radical (unpaired) electrons. The average Bonchev–Trinajstić information content (AvgIpc) is 3.32. The minimum atomic E-state index is -0.330. The second kappa shape index (κ2) is 8.59. The molecule has 1 aromatic carbocycles. The molecule has 3 aliphatic rings. The average molecular weight is 378 g/mol. The Morgan fingerprint density at radius 2 is 2.33 bits per heavy atom. The van der Waals surface area contributed by atoms with E-state index in [0.29, 0.717) is 26.1 Å². The van der Waals surface area contributed by atoms with Crippen molar-refractivity contribution in [1.29, 1.82) is 0 Å². The molecular weight excluding hydrogens is 351 g/mol. The molecule has 1 amide bonds. The molecule has 4 rings (SSSR count). The quantitative estimate of drug-likeness (QED) is 0.459. The Morgan fingerprint density at radius 1 is 1.41 bits per heavy atom. The lowest BCUT2D eigenvalue weighted by Gasteiger charge is -2.27. The molecule has 3 saturated heterocycles. The van der Waals surface area contributed by atoms with Gasteiger partial charge in [-0.05, 0) is 30.7 Å². The van der Waals surface area contributed by atoms with Crippen LogP contribution in [0, 0.1) is 5.82 Å². The Balaban J connectivity index is 1.22. The van der Waals surface area contributed by atoms with E-state index in [1.807, 2.05) is 11.1 Å². The molecule has 8 nitrogen and oxygen atoms in total. The summed E-state index contributed by atoms with van der Waals surface area (Å²) >= 11 is 0. The van der Waals surface area contributed by atoms with Crippen LogP contribution in [0.5, 0.6) is 0 Å². The van der Waals surface area contributed by atoms with E-state index in [0.717, 1.165) is 25.2 Å². The number of amides is 1. The fourth-order valence-corrected chi connectivity index (χ4v) is 3.88. The van der Waals surface area contributed by atoms with Crippen molar-refractivity contribution >= 4 is 5.91 Å². The summed E-state index contributed by atoms with van der Waals surface area (Å²) in [4.78, 5) is 18.2. The van der Waals surface area contributed by atoms with Crippen LogP contribution in [0.1, 0.15) is 18.4 Å². The maximum Gasteiger partial charge on any atom is 0.239 e. The zero-order valence-electron chi connectivity index (χ0n) is 15.2. The van der Waals surface area contributed by atoms with Gasteiger partial charge in [-0.2, -0.15) is 5.48 Å². The Bertz CT molecular complexity index is 656. The summed E-state index contributed by atoms with van der Waals surface area (Å²) in [5, 5.41) is 11.7. The molecule has 4 unspecified atom stereocenters. The van der Waals surface area contributed by atoms with Gasteiger partial charge in [0.15, 0.2) is 0 Å². The van der Waals surface area contributed by atoms with Crippen molar-refractivity contribution in [2.75, 3.05) is 26.3 Å². The number of halogens is 1. The van der Waals surface area contributed by atoms with Crippen molar-refractivity contribution in [1.82, 2.24) is 31.9 Å². The van der Waals surface area contributed by atoms with Gasteiger partial charge in [0.25, 0.3) is 0 Å². The first-order chi connectivity index (χ1) is 13.2. The first kappa shape index (κ1) is 18.7. The summed E-state index contributed by atoms with van der Waals surface area (Å²) in [6.45, 7) is 3.67. The fourth-order valence-electron chi connectivity index (χ4n) is 3.88. The van der Waals surface area contributed by atoms with E-state index in [9.17, 15) is 9.18 Å². The first-order valence-corrected chi connectivity index (χ1v) is 9.56. The molecule has 0 bridgehead atoms. The zero-order valence-corrected chi connectivity index (χ0v) is 15.2. The van der Waals surface area contributed by atoms with E-state index >= 15 is 0 Å². The zero-order chi connectivity index (χ0) is 18.6. The van der Waals surface area contributed by atoms with Gasteiger partial charge < -0.3 is 10.6 Å². The minimum Gasteiger partial charge on any atom is -0.349 e. The fraction of sp³-hybridized carbons (Fsp3) is 0.611. The lowest BCUT2D eigenvalue weighted by atomic mass is 10.00. The summed E-state index contributed by atoms with van der Waals surface area (Å²) in [6, 6.07) is 6.53. The van der Waals surface area contributed by atoms with Gasteiger partial charge in [0.1, 0.15) is 11.9 Å². The van der Waals surface area contributed by atoms with Gasteiger partial charge in [-0.3, -0.25) is 20.4 Å². The van der Waals surface area contributed by atoms with Gasteiger partial charge >= 0.3 is 0 Å². The first-order valence-electron chi connectivity index (χ1n) is 9.56. The molecule has 148 valence electrons. The Labute approximate surface area is 158 Å². The van der Waals surface area contributed by atoms with Crippen molar-refractivity contribution in [2.24, 2.45) is 0 Å². The van der Waals surface area contributed by atoms with E-state index in [2.05, 4.69) is 26.9 Å². The summed E-state index contributed by atoms with van der Waals surface area (Å²) in [6.07, 6.45) is 1.66. The molecular formula is C18H27FN6O2. The van der Waals surface area contributed by atoms with Crippen molar-refractivity contribution in [3.63, 3.8) is 0 Å². The number of carbonyl (C=O) groups excluding carboxylic acids is 1. The van der Waals surface area contributed by atoms with Gasteiger partial charge in [-0.15, -0.1) is 0 Å². The largest absolute Gasteiger partial charge is 0.349 e. The molecule has 27 heavy (non-hydrogen) atoms. The third-order valence-corrected chi connectivity index (χ3v) is 5.33. The topological polar surface area (TPSA) is 89.7 Å². The standard InChI is InChI=1S/C18H27FN6O2/c19-13-3-1-2-12(6-13)9-25-10-14(8-22-25)23-18(26)16-7-17(27-24-16)15-4-5-20-11-21-15/h1-3,6,14-17,20-22,24H,4-5,7-11H2,(H,23,26). The van der Waals surface area contributed by atoms with Gasteiger partial charge in [-0.25, -0.2) is 9.40 Å². The predicted octanol–water partition coefficient (Wildman–Crippen LogP) is -0.798. The molecule has 0 saturated carbocycles. The number of hydrazine groups is 1. The third-order valence-electron chi connectivity index (χ3n) is 5.33. The smallest absolute Gasteiger partial charge is 0.239 e. The lowest BCUT2D eigenvalue weighted by Crippen LogP contribution is -2.50. The van der Waals surface area contributed by atoms with Crippen LogP contribution in [-0.2, 0) is 16.2 Å². The normalized spacial score (nSPS) is 31.9. The van der Waals surface area contributed by atoms with Gasteiger partial charge in [0.2, 0.25) is 5.91 Å². The number of hydrogen-bond donors (Lipinski definition) is 5. The van der Waals surface area contributed by atoms with Crippen molar-refractivity contribution in [3.8, 4) is 0 Å². The number of hydroxylamine groups is 1. The molecule has 9 heteroatoms. The SMILES string of the molecule is O=C(NC1CNN(Cc2cccc(F)c2)C1)C1CC(C2CCNCN2)ON1. The van der Waals surface area contributed by atoms with Crippen molar-refractivity contribution < 1.29 is 14.0 Å². The van der Waals surface area contributed by atoms with Crippen molar-refractivity contribution in [3.05, 3.63) is 35.6 Å². The molecule has 3 aliphatic heterocycles. The molecule has 0 aliphatic carbocycles. The summed E-state index contributed by atoms with van der Waals surface area (Å²) in [7, 11) is 0. The van der Waals surface area contributed by atoms with E-state index < -0.39 is 0 Å². The van der Waals surface area contributed by atoms with E-state index in [4.69, 9.17) is 4.84 Å². The number of carbonyl (C=O) groups is 1. The number of nitrogens with one attached hydrogen (secondary N) is 5. The Kier molecular flexibility index (Phi) is 5.96. The lowest BCUT2D eigenvalue weighted by molar-refractivity contribution is -0.124. The highest BCUT2D eigenvalue weighted by Gasteiger charge is 2.37. The maximum atomic E-state index is 13.3. The molecule has 3 fully saturated rings. The number of benzene rings is 1. The second-order valence-corrected chi connectivity index (χ2v) is 7.42. The molecule has 4 atom stereocenters. The highest BCUT2D eigenvalue weighted by Crippen LogP contribution is 2.18. The van der Waals surface area contributed by atoms with E-state index in [-0.39, 0.29) is 36.0 Å². The summed E-state index contributed by atoms with van der Waals surface area (Å²) in [5.41, 5.74) is 7.05. The van der Waals surface area contributed by atoms with Crippen LogP contribution in [0.15, 0.2) is 24.3 Å². The maximum absolute atomic E-state index is 13.3. The molecule has 0 spiro atoms. The van der Waals surface area contributed by atoms with E-state index in [1.165, 1.54) is 12.1 Å². The van der Waals surface area contributed by atoms with Crippen LogP contribution in [0.4, 0.5) is 4.39 Å². The van der Waals surface area contributed by atoms with Crippen LogP contribution >= 0.6 is 0 Å². The molecule has 3 heterocycles. The van der Waals surface area contributed by atoms with E-state index in [1.54, 1.807) is 6.07 Å². The van der Waals surface area contributed by atoms with Gasteiger partial charge in [0.05, 0.1) is 12.1 Å². The van der Waals surface area contributed by atoms with Crippen LogP contribution in [0.2, 0.25) is 0 Å². The van der Waals surface area contributed by atoms with Gasteiger partial charge in [0, 0.05) is 38.8 Å². The van der Waals surface area contributed by atoms with Crippen LogP contribution < -0.4 is 26.9 Å². The Morgan fingerprint density at radius 3 is 3.15 bits per heavy atom. The highest BCUT2D eigenvalue weighted by atomic mass is 19.1. The summed E-state index contributed by atoms with van der Waals surface area (Å²) < 4.78 is 13.3. The molecule has 1 aromatic rings. The van der Waals surface area contributed by atoms with Crippen LogP contribution in [0.3, 0.4) is 0 Å². The predicted molar refractivity (Wildman–Crippen MR) is 97.6 cm³/mol. The number of hydrogen-bond acceptors (Lipinski definition) is 7. The van der Waals surface area contributed by atoms with Gasteiger partial charge in [-0.1, -0.05) is 12.1 Å². The monoisotopic (exact) mass is 378 g/mol. The van der Waals surface area contributed by atoms with Crippen molar-refractivity contribution in [2.45, 2.75) is 43.6 Å². The summed E-state index contributed by atoms with van der Waals surface area (Å²) in [5.74, 6) is -0.271. The molecule has 0 aromatic heterocycles. The third kappa shape index (κ3) is 4.81. The minimum absolute atomic E-state index is 0.00836. The number of nitrogens with zero attached hydrogens (tertiary/aromatic N) is 1. The Hall–Kier alpha value is -1.62. The number of rotatable bonds is 5. The van der Waals surface area contributed by atoms with Crippen LogP contribution in [0.25, 0.3) is 0 Å². The highest BCUT2D eigenvalue weighted by molar-refractivity contribution is 5.82.